The molecule has 0 radical (unpaired) electrons. The summed E-state index contributed by atoms with van der Waals surface area (Å²) >= 11 is 0. The molecule has 0 spiro atoms. The molecule has 0 saturated heterocycles. The fourth-order valence-electron chi connectivity index (χ4n) is 6.46. The van der Waals surface area contributed by atoms with E-state index in [0.717, 1.165) is 0 Å². The normalized spacial score (nSPS) is 17.8. The lowest BCUT2D eigenvalue weighted by atomic mass is 9.83. The monoisotopic (exact) mass is 616 g/mol. The van der Waals surface area contributed by atoms with Gasteiger partial charge in [0.05, 0.1) is 27.4 Å². The van der Waals surface area contributed by atoms with Crippen molar-refractivity contribution in [1.29, 1.82) is 0 Å². The molecule has 0 aliphatic carbocycles. The summed E-state index contributed by atoms with van der Waals surface area (Å²) in [6.45, 7) is 0. The Bertz CT molecular complexity index is 3900. The summed E-state index contributed by atoms with van der Waals surface area (Å²) in [6.07, 6.45) is 0. The van der Waals surface area contributed by atoms with Crippen molar-refractivity contribution in [1.82, 2.24) is 0 Å². The van der Waals surface area contributed by atoms with Crippen LogP contribution in [0.5, 0.6) is 0 Å². The van der Waals surface area contributed by atoms with Crippen molar-refractivity contribution in [2.45, 2.75) is 0 Å². The summed E-state index contributed by atoms with van der Waals surface area (Å²) < 4.78 is 184. The van der Waals surface area contributed by atoms with Gasteiger partial charge in [0.25, 0.3) is 0 Å². The van der Waals surface area contributed by atoms with Crippen molar-refractivity contribution >= 4 is 65.0 Å². The van der Waals surface area contributed by atoms with E-state index in [9.17, 15) is 8.22 Å². The highest BCUT2D eigenvalue weighted by Gasteiger charge is 2.21. The lowest BCUT2D eigenvalue weighted by Crippen LogP contribution is -1.92. The Morgan fingerprint density at radius 3 is 1.72 bits per heavy atom. The summed E-state index contributed by atoms with van der Waals surface area (Å²) in [5.41, 5.74) is -1.49. The molecular weight excluding hydrogens is 569 g/mol. The van der Waals surface area contributed by atoms with Crippen LogP contribution in [0.15, 0.2) is 174 Å². The maximum atomic E-state index is 9.79. The van der Waals surface area contributed by atoms with Gasteiger partial charge >= 0.3 is 0 Å². The predicted molar refractivity (Wildman–Crippen MR) is 200 cm³/mol. The number of fused-ring (bicyclic) bond motifs is 8. The molecule has 218 valence electrons. The molecule has 10 aromatic rings. The van der Waals surface area contributed by atoms with Crippen LogP contribution >= 0.6 is 0 Å². The highest BCUT2D eigenvalue weighted by Crippen LogP contribution is 2.48. The van der Waals surface area contributed by atoms with E-state index in [1.165, 1.54) is 0 Å². The van der Waals surface area contributed by atoms with Gasteiger partial charge in [-0.2, -0.15) is 0 Å². The van der Waals surface area contributed by atoms with Gasteiger partial charge in [-0.25, -0.2) is 0 Å². The standard InChI is InChI=1S/C46H28O/c1-2-13-29(14-3-1)30-25-26-39-43(28-30)47-42-24-12-23-40(46(39)42)44-35-19-8-10-21-37(35)45(38-22-11-9-20-36(38)44)41-27-31-15-4-5-16-32(31)33-17-6-7-18-34(33)41/h1-28H/i1D,2D,3D,4D,5D,6D,7D,12D,13D,14D,15D,16D,17D,18D,23D,24D,25D,26D,27D,28D. The van der Waals surface area contributed by atoms with E-state index in [-0.39, 0.29) is 60.2 Å². The van der Waals surface area contributed by atoms with Gasteiger partial charge in [0.1, 0.15) is 11.2 Å². The minimum atomic E-state index is -0.736. The first kappa shape index (κ1) is 13.3. The van der Waals surface area contributed by atoms with Crippen molar-refractivity contribution in [2.75, 3.05) is 0 Å². The third-order valence-corrected chi connectivity index (χ3v) is 8.38. The van der Waals surface area contributed by atoms with E-state index in [4.69, 9.17) is 23.6 Å². The molecular formula is C46H28O. The smallest absolute Gasteiger partial charge is 0.136 e. The molecule has 0 aliphatic heterocycles. The number of benzene rings is 9. The van der Waals surface area contributed by atoms with Crippen LogP contribution in [0.3, 0.4) is 0 Å². The van der Waals surface area contributed by atoms with Gasteiger partial charge in [0.15, 0.2) is 0 Å². The lowest BCUT2D eigenvalue weighted by molar-refractivity contribution is 0.669. The molecule has 47 heavy (non-hydrogen) atoms. The molecule has 1 heteroatoms. The van der Waals surface area contributed by atoms with E-state index in [1.807, 2.05) is 0 Å². The van der Waals surface area contributed by atoms with E-state index >= 15 is 0 Å². The first-order valence-corrected chi connectivity index (χ1v) is 14.6. The van der Waals surface area contributed by atoms with Crippen LogP contribution in [0.4, 0.5) is 0 Å². The molecule has 10 rings (SSSR count). The van der Waals surface area contributed by atoms with E-state index < -0.39 is 138 Å². The van der Waals surface area contributed by atoms with Crippen LogP contribution < -0.4 is 0 Å². The third-order valence-electron chi connectivity index (χ3n) is 8.38. The van der Waals surface area contributed by atoms with Gasteiger partial charge in [-0.05, 0) is 101 Å². The molecule has 1 aromatic heterocycles. The molecule has 0 saturated carbocycles. The minimum Gasteiger partial charge on any atom is -0.456 e. The Hall–Kier alpha value is -6.18. The van der Waals surface area contributed by atoms with Crippen molar-refractivity contribution in [2.24, 2.45) is 0 Å². The second kappa shape index (κ2) is 10.2. The molecule has 1 heterocycles. The van der Waals surface area contributed by atoms with Crippen molar-refractivity contribution in [3.8, 4) is 33.4 Å². The zero-order valence-corrected chi connectivity index (χ0v) is 24.0. The maximum Gasteiger partial charge on any atom is 0.136 e. The lowest BCUT2D eigenvalue weighted by Gasteiger charge is -2.20. The topological polar surface area (TPSA) is 13.1 Å². The zero-order valence-electron chi connectivity index (χ0n) is 44.0. The van der Waals surface area contributed by atoms with Crippen LogP contribution in [-0.4, -0.2) is 0 Å². The average molecular weight is 617 g/mol. The minimum absolute atomic E-state index is 0.0675. The van der Waals surface area contributed by atoms with Crippen molar-refractivity contribution in [3.05, 3.63) is 169 Å². The first-order valence-electron chi connectivity index (χ1n) is 24.6. The second-order valence-electron chi connectivity index (χ2n) is 10.9. The number of hydrogen-bond acceptors (Lipinski definition) is 1. The van der Waals surface area contributed by atoms with Gasteiger partial charge < -0.3 is 4.42 Å². The molecule has 1 nitrogen and oxygen atoms in total. The van der Waals surface area contributed by atoms with Gasteiger partial charge in [0.2, 0.25) is 0 Å². The third kappa shape index (κ3) is 3.90. The Morgan fingerprint density at radius 1 is 0.383 bits per heavy atom. The van der Waals surface area contributed by atoms with Crippen LogP contribution in [0.25, 0.3) is 98.4 Å². The first-order chi connectivity index (χ1) is 31.7. The van der Waals surface area contributed by atoms with E-state index in [1.54, 1.807) is 48.5 Å². The summed E-state index contributed by atoms with van der Waals surface area (Å²) in [4.78, 5) is 0. The molecule has 0 bridgehead atoms. The van der Waals surface area contributed by atoms with Gasteiger partial charge in [0, 0.05) is 10.8 Å². The van der Waals surface area contributed by atoms with E-state index in [0.29, 0.717) is 21.5 Å². The fraction of sp³-hybridized carbons (Fsp3) is 0. The fourth-order valence-corrected chi connectivity index (χ4v) is 6.46. The van der Waals surface area contributed by atoms with Gasteiger partial charge in [-0.1, -0.05) is 145 Å². The van der Waals surface area contributed by atoms with Crippen molar-refractivity contribution in [3.63, 3.8) is 0 Å². The summed E-state index contributed by atoms with van der Waals surface area (Å²) in [5.74, 6) is 0. The molecule has 0 atom stereocenters. The highest BCUT2D eigenvalue weighted by atomic mass is 16.3. The summed E-state index contributed by atoms with van der Waals surface area (Å²) in [7, 11) is 0. The largest absolute Gasteiger partial charge is 0.456 e. The maximum absolute atomic E-state index is 9.79. The number of furan rings is 1. The van der Waals surface area contributed by atoms with Crippen LogP contribution in [0.1, 0.15) is 27.4 Å². The van der Waals surface area contributed by atoms with E-state index in [2.05, 4.69) is 0 Å². The second-order valence-corrected chi connectivity index (χ2v) is 10.9. The Morgan fingerprint density at radius 2 is 1.00 bits per heavy atom. The highest BCUT2D eigenvalue weighted by molar-refractivity contribution is 6.28. The molecule has 0 N–H and O–H groups in total. The van der Waals surface area contributed by atoms with Crippen molar-refractivity contribution < 1.29 is 31.8 Å². The van der Waals surface area contributed by atoms with Crippen LogP contribution in [0.2, 0.25) is 0 Å². The SMILES string of the molecule is [2H]c1c([2H])c([2H])c(-c2c([2H])c([2H])c3c(oc4c([2H])c([2H])c([2H])c(-c5c6ccccc6c(-c6c([2H])c7c([2H])c([2H])c([2H])c([2H])c7c7c([2H])c([2H])c([2H])c([2H])c67)c6ccccc56)c43)c2[2H])c([2H])c1[2H]. The molecule has 9 aromatic carbocycles. The Labute approximate surface area is 300 Å². The van der Waals surface area contributed by atoms with Crippen LogP contribution in [0, 0.1) is 0 Å². The Balaban J connectivity index is 1.42. The molecule has 0 amide bonds. The van der Waals surface area contributed by atoms with Gasteiger partial charge in [-0.3, -0.25) is 0 Å². The average Bonchev–Trinajstić information content (AvgIpc) is 3.72. The molecule has 0 unspecified atom stereocenters. The summed E-state index contributed by atoms with van der Waals surface area (Å²) in [5, 5.41) is -0.0284. The number of hydrogen-bond donors (Lipinski definition) is 0. The molecule has 0 fully saturated rings. The number of rotatable bonds is 3. The Kier molecular flexibility index (Phi) is 2.87. The summed E-state index contributed by atoms with van der Waals surface area (Å²) in [6, 6.07) is 0.460. The zero-order chi connectivity index (χ0) is 48.3. The molecule has 0 aliphatic rings. The predicted octanol–water partition coefficient (Wildman–Crippen LogP) is 13.2. The van der Waals surface area contributed by atoms with Gasteiger partial charge in [-0.15, -0.1) is 0 Å². The van der Waals surface area contributed by atoms with Crippen LogP contribution in [-0.2, 0) is 0 Å². The quantitative estimate of drug-likeness (QED) is 0.142.